The molecule has 10 heteroatoms. The van der Waals surface area contributed by atoms with Crippen molar-refractivity contribution in [3.05, 3.63) is 90.0 Å². The molecule has 3 aromatic carbocycles. The summed E-state index contributed by atoms with van der Waals surface area (Å²) in [6.07, 6.45) is 1.97. The van der Waals surface area contributed by atoms with Crippen LogP contribution in [-0.2, 0) is 16.6 Å². The van der Waals surface area contributed by atoms with Gasteiger partial charge in [-0.25, -0.2) is 8.42 Å². The van der Waals surface area contributed by atoms with Gasteiger partial charge in [-0.3, -0.25) is 10.1 Å². The maximum atomic E-state index is 12.9. The average molecular weight is 495 g/mol. The van der Waals surface area contributed by atoms with Gasteiger partial charge in [-0.15, -0.1) is 16.9 Å². The highest BCUT2D eigenvalue weighted by Crippen LogP contribution is 2.25. The Kier molecular flexibility index (Phi) is 7.11. The molecule has 0 saturated heterocycles. The first-order chi connectivity index (χ1) is 16.4. The van der Waals surface area contributed by atoms with Crippen LogP contribution in [0.15, 0.2) is 93.1 Å². The molecule has 0 aliphatic carbocycles. The summed E-state index contributed by atoms with van der Waals surface area (Å²) in [5.74, 6) is -0.205. The average Bonchev–Trinajstić information content (AvgIpc) is 3.33. The zero-order chi connectivity index (χ0) is 24.1. The van der Waals surface area contributed by atoms with Crippen LogP contribution in [0.2, 0.25) is 0 Å². The topological polar surface area (TPSA) is 105 Å². The van der Waals surface area contributed by atoms with E-state index < -0.39 is 15.9 Å². The van der Waals surface area contributed by atoms with Gasteiger partial charge in [0.1, 0.15) is 0 Å². The Morgan fingerprint density at radius 2 is 1.74 bits per heavy atom. The number of hydrogen-bond donors (Lipinski definition) is 1. The molecule has 1 N–H and O–H groups in total. The summed E-state index contributed by atoms with van der Waals surface area (Å²) in [4.78, 5) is 13.7. The summed E-state index contributed by atoms with van der Waals surface area (Å²) >= 11 is 1.59. The quantitative estimate of drug-likeness (QED) is 0.359. The molecule has 1 aromatic heterocycles. The second-order valence-electron chi connectivity index (χ2n) is 7.37. The molecular formula is C24H22N4O4S2. The molecule has 0 bridgehead atoms. The molecule has 4 aromatic rings. The van der Waals surface area contributed by atoms with Gasteiger partial charge in [0, 0.05) is 29.6 Å². The first-order valence-electron chi connectivity index (χ1n) is 10.3. The van der Waals surface area contributed by atoms with Crippen molar-refractivity contribution in [3.63, 3.8) is 0 Å². The Morgan fingerprint density at radius 1 is 1.00 bits per heavy atom. The molecule has 1 amide bonds. The predicted molar refractivity (Wildman–Crippen MR) is 131 cm³/mol. The third-order valence-electron chi connectivity index (χ3n) is 5.03. The van der Waals surface area contributed by atoms with Crippen LogP contribution in [0.5, 0.6) is 0 Å². The van der Waals surface area contributed by atoms with Gasteiger partial charge in [0.05, 0.1) is 4.90 Å². The van der Waals surface area contributed by atoms with Crippen LogP contribution in [0.25, 0.3) is 11.5 Å². The molecule has 1 heterocycles. The fourth-order valence-corrected chi connectivity index (χ4v) is 4.82. The number of anilines is 1. The normalized spacial score (nSPS) is 11.5. The van der Waals surface area contributed by atoms with Gasteiger partial charge in [-0.05, 0) is 54.3 Å². The van der Waals surface area contributed by atoms with Gasteiger partial charge in [0.25, 0.3) is 5.91 Å². The number of aromatic nitrogens is 2. The summed E-state index contributed by atoms with van der Waals surface area (Å²) in [5.41, 5.74) is 1.88. The molecule has 0 aliphatic rings. The van der Waals surface area contributed by atoms with Crippen LogP contribution in [-0.4, -0.2) is 42.1 Å². The van der Waals surface area contributed by atoms with Crippen molar-refractivity contribution in [2.75, 3.05) is 18.6 Å². The van der Waals surface area contributed by atoms with Crippen LogP contribution >= 0.6 is 11.8 Å². The summed E-state index contributed by atoms with van der Waals surface area (Å²) in [7, 11) is -2.19. The summed E-state index contributed by atoms with van der Waals surface area (Å²) < 4.78 is 32.6. The maximum Gasteiger partial charge on any atom is 0.322 e. The third-order valence-corrected chi connectivity index (χ3v) is 7.58. The molecule has 174 valence electrons. The van der Waals surface area contributed by atoms with Gasteiger partial charge in [0.15, 0.2) is 0 Å². The smallest absolute Gasteiger partial charge is 0.322 e. The van der Waals surface area contributed by atoms with Gasteiger partial charge >= 0.3 is 6.01 Å². The minimum absolute atomic E-state index is 0.0474. The molecule has 0 unspecified atom stereocenters. The zero-order valence-corrected chi connectivity index (χ0v) is 20.1. The van der Waals surface area contributed by atoms with Crippen molar-refractivity contribution in [3.8, 4) is 11.5 Å². The van der Waals surface area contributed by atoms with Crippen LogP contribution < -0.4 is 5.32 Å². The van der Waals surface area contributed by atoms with E-state index in [9.17, 15) is 13.2 Å². The number of carbonyl (C=O) groups excluding carboxylic acids is 1. The number of benzene rings is 3. The molecule has 0 saturated carbocycles. The molecule has 0 aliphatic heterocycles. The summed E-state index contributed by atoms with van der Waals surface area (Å²) in [6, 6.07) is 22.6. The molecular weight excluding hydrogens is 472 g/mol. The van der Waals surface area contributed by atoms with E-state index in [4.69, 9.17) is 4.42 Å². The van der Waals surface area contributed by atoms with Crippen molar-refractivity contribution >= 4 is 33.7 Å². The number of amides is 1. The minimum atomic E-state index is -3.71. The van der Waals surface area contributed by atoms with Gasteiger partial charge in [0.2, 0.25) is 15.9 Å². The van der Waals surface area contributed by atoms with Crippen molar-refractivity contribution in [1.82, 2.24) is 14.5 Å². The molecule has 0 atom stereocenters. The Bertz CT molecular complexity index is 1390. The lowest BCUT2D eigenvalue weighted by molar-refractivity contribution is 0.102. The van der Waals surface area contributed by atoms with Gasteiger partial charge < -0.3 is 4.42 Å². The Balaban J connectivity index is 1.43. The summed E-state index contributed by atoms with van der Waals surface area (Å²) in [6.45, 7) is 0.241. The van der Waals surface area contributed by atoms with Crippen molar-refractivity contribution < 1.29 is 17.6 Å². The fraction of sp³-hybridized carbons (Fsp3) is 0.125. The van der Waals surface area contributed by atoms with E-state index in [0.29, 0.717) is 0 Å². The van der Waals surface area contributed by atoms with E-state index in [2.05, 4.69) is 15.5 Å². The highest BCUT2D eigenvalue weighted by Gasteiger charge is 2.21. The number of rotatable bonds is 8. The predicted octanol–water partition coefficient (Wildman–Crippen LogP) is 4.53. The SMILES string of the molecule is CSc1cccc(-c2nnc(NC(=O)c3ccc(S(=O)(=O)N(C)Cc4ccccc4)cc3)o2)c1. The Labute approximate surface area is 202 Å². The van der Waals surface area contributed by atoms with Crippen LogP contribution in [0.1, 0.15) is 15.9 Å². The van der Waals surface area contributed by atoms with E-state index in [1.807, 2.05) is 60.9 Å². The lowest BCUT2D eigenvalue weighted by Gasteiger charge is -2.17. The number of thioether (sulfide) groups is 1. The second-order valence-corrected chi connectivity index (χ2v) is 10.3. The number of carbonyl (C=O) groups is 1. The zero-order valence-electron chi connectivity index (χ0n) is 18.5. The number of nitrogens with one attached hydrogen (secondary N) is 1. The number of nitrogens with zero attached hydrogens (tertiary/aromatic N) is 3. The molecule has 8 nitrogen and oxygen atoms in total. The van der Waals surface area contributed by atoms with E-state index in [1.165, 1.54) is 35.6 Å². The summed E-state index contributed by atoms with van der Waals surface area (Å²) in [5, 5.41) is 10.4. The largest absolute Gasteiger partial charge is 0.403 e. The highest BCUT2D eigenvalue weighted by molar-refractivity contribution is 7.98. The maximum absolute atomic E-state index is 12.9. The first-order valence-corrected chi connectivity index (χ1v) is 12.9. The standard InChI is InChI=1S/C24H22N4O4S2/c1-28(16-17-7-4-3-5-8-17)34(30,31)21-13-11-18(12-14-21)22(29)25-24-27-26-23(32-24)19-9-6-10-20(15-19)33-2/h3-15H,16H2,1-2H3,(H,25,27,29). The number of sulfonamides is 1. The third kappa shape index (κ3) is 5.36. The molecule has 0 spiro atoms. The van der Waals surface area contributed by atoms with E-state index in [-0.39, 0.29) is 28.9 Å². The van der Waals surface area contributed by atoms with Gasteiger partial charge in [-0.2, -0.15) is 4.31 Å². The van der Waals surface area contributed by atoms with E-state index in [1.54, 1.807) is 11.8 Å². The monoisotopic (exact) mass is 494 g/mol. The van der Waals surface area contributed by atoms with E-state index >= 15 is 0 Å². The molecule has 0 radical (unpaired) electrons. The molecule has 34 heavy (non-hydrogen) atoms. The highest BCUT2D eigenvalue weighted by atomic mass is 32.2. The molecule has 0 fully saturated rings. The fourth-order valence-electron chi connectivity index (χ4n) is 3.20. The van der Waals surface area contributed by atoms with E-state index in [0.717, 1.165) is 16.0 Å². The molecule has 4 rings (SSSR count). The lowest BCUT2D eigenvalue weighted by Crippen LogP contribution is -2.26. The Morgan fingerprint density at radius 3 is 2.44 bits per heavy atom. The van der Waals surface area contributed by atoms with Crippen LogP contribution in [0.4, 0.5) is 6.01 Å². The van der Waals surface area contributed by atoms with Crippen LogP contribution in [0.3, 0.4) is 0 Å². The Hall–Kier alpha value is -3.47. The van der Waals surface area contributed by atoms with Gasteiger partial charge in [-0.1, -0.05) is 41.5 Å². The lowest BCUT2D eigenvalue weighted by atomic mass is 10.2. The van der Waals surface area contributed by atoms with Crippen molar-refractivity contribution in [2.24, 2.45) is 0 Å². The first kappa shape index (κ1) is 23.7. The van der Waals surface area contributed by atoms with Crippen LogP contribution in [0, 0.1) is 0 Å². The van der Waals surface area contributed by atoms with Crippen molar-refractivity contribution in [1.29, 1.82) is 0 Å². The number of hydrogen-bond acceptors (Lipinski definition) is 7. The van der Waals surface area contributed by atoms with Crippen molar-refractivity contribution in [2.45, 2.75) is 16.3 Å². The minimum Gasteiger partial charge on any atom is -0.403 e. The second kappa shape index (κ2) is 10.2.